The van der Waals surface area contributed by atoms with Crippen LogP contribution in [0.5, 0.6) is 0 Å². The van der Waals surface area contributed by atoms with Crippen molar-refractivity contribution in [3.05, 3.63) is 64.7 Å². The fourth-order valence-corrected chi connectivity index (χ4v) is 7.70. The summed E-state index contributed by atoms with van der Waals surface area (Å²) in [6.45, 7) is 12.0. The molecule has 7 nitrogen and oxygen atoms in total. The van der Waals surface area contributed by atoms with Gasteiger partial charge in [-0.3, -0.25) is 0 Å². The maximum absolute atomic E-state index is 12.7. The van der Waals surface area contributed by atoms with Crippen LogP contribution in [0.3, 0.4) is 0 Å². The first-order valence-electron chi connectivity index (χ1n) is 14.9. The Labute approximate surface area is 262 Å². The molecule has 226 valence electrons. The van der Waals surface area contributed by atoms with Crippen LogP contribution in [0.15, 0.2) is 48.5 Å². The molecule has 6 rings (SSSR count). The highest BCUT2D eigenvalue weighted by atomic mass is 35.5. The lowest BCUT2D eigenvalue weighted by molar-refractivity contribution is -0.160. The Hall–Kier alpha value is -3.17. The van der Waals surface area contributed by atoms with E-state index in [1.165, 1.54) is 5.69 Å². The molecule has 0 saturated carbocycles. The van der Waals surface area contributed by atoms with Crippen molar-refractivity contribution in [3.8, 4) is 21.7 Å². The summed E-state index contributed by atoms with van der Waals surface area (Å²) in [4.78, 5) is 22.7. The van der Waals surface area contributed by atoms with Crippen LogP contribution in [0, 0.1) is 6.92 Å². The van der Waals surface area contributed by atoms with Crippen LogP contribution in [0.1, 0.15) is 57.8 Å². The quantitative estimate of drug-likeness (QED) is 0.225. The molecule has 0 bridgehead atoms. The topological polar surface area (TPSA) is 77.9 Å². The van der Waals surface area contributed by atoms with Crippen LogP contribution < -0.4 is 10.2 Å². The van der Waals surface area contributed by atoms with Crippen LogP contribution in [0.4, 0.5) is 11.4 Å². The molecule has 3 aromatic carbocycles. The van der Waals surface area contributed by atoms with Gasteiger partial charge in [0.2, 0.25) is 0 Å². The second kappa shape index (κ2) is 11.4. The first-order chi connectivity index (χ1) is 20.4. The molecule has 1 saturated heterocycles. The van der Waals surface area contributed by atoms with Gasteiger partial charge in [-0.15, -0.1) is 11.3 Å². The SMILES string of the molecule is Cc1cc2nc(-c3ccc4c(c3)N(C3CCN(C)CC3)C(C)N4)sc2c(-c2ccc(Cl)cc2)c1[C@H](OC(C)(C)C)C(=O)O. The van der Waals surface area contributed by atoms with E-state index in [2.05, 4.69) is 47.3 Å². The number of rotatable bonds is 6. The number of benzene rings is 3. The number of carbonyl (C=O) groups is 1. The third-order valence-electron chi connectivity index (χ3n) is 8.40. The molecule has 4 aromatic rings. The van der Waals surface area contributed by atoms with Gasteiger partial charge in [-0.25, -0.2) is 9.78 Å². The molecule has 3 heterocycles. The lowest BCUT2D eigenvalue weighted by atomic mass is 9.91. The zero-order chi connectivity index (χ0) is 30.6. The maximum Gasteiger partial charge on any atom is 0.337 e. The van der Waals surface area contributed by atoms with Gasteiger partial charge in [-0.05, 0) is 115 Å². The summed E-state index contributed by atoms with van der Waals surface area (Å²) >= 11 is 7.86. The van der Waals surface area contributed by atoms with Crippen molar-refractivity contribution in [3.63, 3.8) is 0 Å². The molecule has 1 unspecified atom stereocenters. The van der Waals surface area contributed by atoms with Gasteiger partial charge in [0.15, 0.2) is 6.10 Å². The average Bonchev–Trinajstić information content (AvgIpc) is 3.51. The molecular weight excluding hydrogens is 580 g/mol. The second-order valence-electron chi connectivity index (χ2n) is 12.8. The van der Waals surface area contributed by atoms with E-state index in [0.717, 1.165) is 69.1 Å². The average molecular weight is 619 g/mol. The lowest BCUT2D eigenvalue weighted by Gasteiger charge is -2.38. The highest BCUT2D eigenvalue weighted by molar-refractivity contribution is 7.22. The van der Waals surface area contributed by atoms with E-state index in [0.29, 0.717) is 16.6 Å². The maximum atomic E-state index is 12.7. The Morgan fingerprint density at radius 1 is 1.12 bits per heavy atom. The van der Waals surface area contributed by atoms with E-state index in [4.69, 9.17) is 21.3 Å². The van der Waals surface area contributed by atoms with Gasteiger partial charge in [0.1, 0.15) is 5.01 Å². The monoisotopic (exact) mass is 618 g/mol. The number of nitrogens with zero attached hydrogens (tertiary/aromatic N) is 3. The highest BCUT2D eigenvalue weighted by Gasteiger charge is 2.34. The molecule has 2 N–H and O–H groups in total. The number of hydrogen-bond acceptors (Lipinski definition) is 7. The molecule has 1 aromatic heterocycles. The second-order valence-corrected chi connectivity index (χ2v) is 14.2. The van der Waals surface area contributed by atoms with E-state index in [-0.39, 0.29) is 6.17 Å². The van der Waals surface area contributed by atoms with Crippen molar-refractivity contribution in [2.45, 2.75) is 71.4 Å². The van der Waals surface area contributed by atoms with Crippen LogP contribution in [-0.4, -0.2) is 58.9 Å². The van der Waals surface area contributed by atoms with E-state index in [1.807, 2.05) is 58.0 Å². The summed E-state index contributed by atoms with van der Waals surface area (Å²) in [6, 6.07) is 16.6. The highest BCUT2D eigenvalue weighted by Crippen LogP contribution is 2.46. The minimum Gasteiger partial charge on any atom is -0.479 e. The minimum absolute atomic E-state index is 0.228. The van der Waals surface area contributed by atoms with Gasteiger partial charge >= 0.3 is 5.97 Å². The third-order valence-corrected chi connectivity index (χ3v) is 9.79. The van der Waals surface area contributed by atoms with E-state index < -0.39 is 17.7 Å². The number of piperidine rings is 1. The number of ether oxygens (including phenoxy) is 1. The van der Waals surface area contributed by atoms with Crippen molar-refractivity contribution < 1.29 is 14.6 Å². The Bertz CT molecular complexity index is 1670. The number of hydrogen-bond donors (Lipinski definition) is 2. The van der Waals surface area contributed by atoms with Gasteiger partial charge in [0.25, 0.3) is 0 Å². The minimum atomic E-state index is -1.14. The van der Waals surface area contributed by atoms with E-state index >= 15 is 0 Å². The van der Waals surface area contributed by atoms with Gasteiger partial charge in [0, 0.05) is 27.8 Å². The zero-order valence-corrected chi connectivity index (χ0v) is 27.1. The Balaban J connectivity index is 1.49. The number of carboxylic acid groups (broad SMARTS) is 1. The number of anilines is 2. The molecule has 0 amide bonds. The van der Waals surface area contributed by atoms with Crippen LogP contribution in [0.2, 0.25) is 5.02 Å². The number of thiazole rings is 1. The number of aryl methyl sites for hydroxylation is 1. The normalized spacial score (nSPS) is 18.6. The summed E-state index contributed by atoms with van der Waals surface area (Å²) < 4.78 is 7.10. The van der Waals surface area contributed by atoms with Crippen molar-refractivity contribution in [1.82, 2.24) is 9.88 Å². The Morgan fingerprint density at radius 2 is 1.79 bits per heavy atom. The van der Waals surface area contributed by atoms with E-state index in [1.54, 1.807) is 11.3 Å². The van der Waals surface area contributed by atoms with Crippen molar-refractivity contribution >= 4 is 50.5 Å². The van der Waals surface area contributed by atoms with Gasteiger partial charge in [-0.1, -0.05) is 23.7 Å². The summed E-state index contributed by atoms with van der Waals surface area (Å²) in [5.74, 6) is -1.02. The van der Waals surface area contributed by atoms with Crippen LogP contribution in [0.25, 0.3) is 31.9 Å². The zero-order valence-electron chi connectivity index (χ0n) is 25.6. The molecule has 43 heavy (non-hydrogen) atoms. The number of nitrogens with one attached hydrogen (secondary N) is 1. The summed E-state index contributed by atoms with van der Waals surface area (Å²) in [5.41, 5.74) is 6.79. The fourth-order valence-electron chi connectivity index (χ4n) is 6.45. The summed E-state index contributed by atoms with van der Waals surface area (Å²) in [7, 11) is 2.19. The number of fused-ring (bicyclic) bond motifs is 2. The smallest absolute Gasteiger partial charge is 0.337 e. The van der Waals surface area contributed by atoms with Crippen molar-refractivity contribution in [1.29, 1.82) is 0 Å². The number of carboxylic acids is 1. The largest absolute Gasteiger partial charge is 0.479 e. The fraction of sp³-hybridized carbons (Fsp3) is 0.412. The number of likely N-dealkylation sites (tertiary alicyclic amines) is 1. The predicted molar refractivity (Wildman–Crippen MR) is 178 cm³/mol. The summed E-state index contributed by atoms with van der Waals surface area (Å²) in [6.07, 6.45) is 1.37. The Kier molecular flexibility index (Phi) is 7.92. The molecule has 0 aliphatic carbocycles. The molecule has 2 atom stereocenters. The van der Waals surface area contributed by atoms with Gasteiger partial charge < -0.3 is 25.0 Å². The predicted octanol–water partition coefficient (Wildman–Crippen LogP) is 8.21. The molecular formula is C34H39ClN4O3S. The number of halogens is 1. The molecule has 9 heteroatoms. The Morgan fingerprint density at radius 3 is 2.44 bits per heavy atom. The molecule has 0 spiro atoms. The first kappa shape index (κ1) is 29.9. The van der Waals surface area contributed by atoms with Gasteiger partial charge in [0.05, 0.1) is 33.4 Å². The van der Waals surface area contributed by atoms with Crippen molar-refractivity contribution in [2.24, 2.45) is 0 Å². The standard InChI is InChI=1S/C34H39ClN4O3S/c1-19-17-26-31(29(21-7-10-23(35)11-8-21)28(19)30(33(40)41)42-34(3,4)5)43-32(37-26)22-9-12-25-27(18-22)39(20(2)36-25)24-13-15-38(6)16-14-24/h7-12,17-18,20,24,30,36H,13-16H2,1-6H3,(H,40,41)/t20?,30-/m0/s1. The molecule has 2 aliphatic rings. The summed E-state index contributed by atoms with van der Waals surface area (Å²) in [5, 5.41) is 15.6. The lowest BCUT2D eigenvalue weighted by Crippen LogP contribution is -2.47. The van der Waals surface area contributed by atoms with Crippen LogP contribution >= 0.6 is 22.9 Å². The van der Waals surface area contributed by atoms with Crippen molar-refractivity contribution in [2.75, 3.05) is 30.4 Å². The van der Waals surface area contributed by atoms with Gasteiger partial charge in [-0.2, -0.15) is 0 Å². The first-order valence-corrected chi connectivity index (χ1v) is 16.1. The van der Waals surface area contributed by atoms with Crippen LogP contribution in [-0.2, 0) is 9.53 Å². The molecule has 0 radical (unpaired) electrons. The number of aromatic nitrogens is 1. The van der Waals surface area contributed by atoms with E-state index in [9.17, 15) is 9.90 Å². The molecule has 1 fully saturated rings. The molecule has 2 aliphatic heterocycles. The number of aliphatic carboxylic acids is 1. The third kappa shape index (κ3) is 5.86.